The van der Waals surface area contributed by atoms with E-state index in [0.29, 0.717) is 31.6 Å². The Morgan fingerprint density at radius 3 is 2.05 bits per heavy atom. The van der Waals surface area contributed by atoms with Crippen molar-refractivity contribution < 1.29 is 37.1 Å². The molecule has 2 fully saturated rings. The van der Waals surface area contributed by atoms with E-state index in [4.69, 9.17) is 9.90 Å². The first-order valence-corrected chi connectivity index (χ1v) is 13.2. The number of carbonyl (C=O) groups is 3. The summed E-state index contributed by atoms with van der Waals surface area (Å²) in [6, 6.07) is 16.2. The van der Waals surface area contributed by atoms with E-state index < -0.39 is 12.1 Å². The van der Waals surface area contributed by atoms with Crippen LogP contribution in [0.3, 0.4) is 0 Å². The summed E-state index contributed by atoms with van der Waals surface area (Å²) in [4.78, 5) is 41.2. The van der Waals surface area contributed by atoms with E-state index in [1.54, 1.807) is 0 Å². The number of nitrogens with one attached hydrogen (secondary N) is 1. The van der Waals surface area contributed by atoms with Gasteiger partial charge in [-0.15, -0.1) is 0 Å². The summed E-state index contributed by atoms with van der Waals surface area (Å²) in [5, 5.41) is 10.4. The summed E-state index contributed by atoms with van der Waals surface area (Å²) in [7, 11) is 0. The van der Waals surface area contributed by atoms with Gasteiger partial charge < -0.3 is 20.2 Å². The fourth-order valence-electron chi connectivity index (χ4n) is 4.73. The molecule has 0 spiro atoms. The molecule has 0 bridgehead atoms. The van der Waals surface area contributed by atoms with Crippen molar-refractivity contribution in [2.24, 2.45) is 0 Å². The maximum absolute atomic E-state index is 13.4. The number of hydrogen-bond donors (Lipinski definition) is 2. The average Bonchev–Trinajstić information content (AvgIpc) is 2.95. The van der Waals surface area contributed by atoms with Crippen molar-refractivity contribution in [2.75, 3.05) is 45.8 Å². The molecule has 2 aromatic carbocycles. The molecule has 0 aliphatic carbocycles. The minimum absolute atomic E-state index is 0.0744. The number of amides is 2. The van der Waals surface area contributed by atoms with Gasteiger partial charge in [-0.2, -0.15) is 13.2 Å². The van der Waals surface area contributed by atoms with E-state index in [1.807, 2.05) is 15.9 Å². The second-order valence-electron chi connectivity index (χ2n) is 9.68. The van der Waals surface area contributed by atoms with E-state index >= 15 is 0 Å². The van der Waals surface area contributed by atoms with E-state index in [-0.39, 0.29) is 23.7 Å². The normalized spacial score (nSPS) is 16.6. The molecule has 2 N–H and O–H groups in total. The Morgan fingerprint density at radius 1 is 0.925 bits per heavy atom. The fraction of sp³-hybridized carbons (Fsp3) is 0.464. The second-order valence-corrected chi connectivity index (χ2v) is 9.68. The van der Waals surface area contributed by atoms with Gasteiger partial charge in [0.05, 0.1) is 0 Å². The fourth-order valence-corrected chi connectivity index (χ4v) is 4.73. The molecule has 2 aliphatic rings. The van der Waals surface area contributed by atoms with Crippen molar-refractivity contribution in [1.29, 1.82) is 0 Å². The number of alkyl halides is 3. The van der Waals surface area contributed by atoms with Crippen molar-refractivity contribution in [3.05, 3.63) is 71.5 Å². The Hall–Kier alpha value is -3.51. The lowest BCUT2D eigenvalue weighted by atomic mass is 10.0. The molecule has 40 heavy (non-hydrogen) atoms. The first kappa shape index (κ1) is 31.0. The highest BCUT2D eigenvalue weighted by molar-refractivity contribution is 5.94. The van der Waals surface area contributed by atoms with Crippen molar-refractivity contribution >= 4 is 17.8 Å². The number of halogens is 4. The lowest BCUT2D eigenvalue weighted by molar-refractivity contribution is -0.192. The molecular formula is C28H34F4N4O4. The number of piperidine rings is 1. The zero-order valence-electron chi connectivity index (χ0n) is 22.1. The molecule has 0 radical (unpaired) electrons. The highest BCUT2D eigenvalue weighted by Crippen LogP contribution is 2.21. The van der Waals surface area contributed by atoms with Crippen LogP contribution in [0.2, 0.25) is 0 Å². The van der Waals surface area contributed by atoms with Gasteiger partial charge in [0.25, 0.3) is 5.91 Å². The molecular weight excluding hydrogens is 532 g/mol. The van der Waals surface area contributed by atoms with Crippen molar-refractivity contribution in [3.8, 4) is 0 Å². The summed E-state index contributed by atoms with van der Waals surface area (Å²) >= 11 is 0. The minimum Gasteiger partial charge on any atom is -0.475 e. The maximum Gasteiger partial charge on any atom is 0.490 e. The second kappa shape index (κ2) is 14.8. The summed E-state index contributed by atoms with van der Waals surface area (Å²) < 4.78 is 45.1. The van der Waals surface area contributed by atoms with Gasteiger partial charge in [-0.25, -0.2) is 9.18 Å². The summed E-state index contributed by atoms with van der Waals surface area (Å²) in [5.74, 6) is -3.15. The Morgan fingerprint density at radius 2 is 1.50 bits per heavy atom. The van der Waals surface area contributed by atoms with E-state index in [0.717, 1.165) is 45.6 Å². The zero-order valence-corrected chi connectivity index (χ0v) is 22.1. The molecule has 0 atom stereocenters. The predicted octanol–water partition coefficient (Wildman–Crippen LogP) is 3.39. The van der Waals surface area contributed by atoms with Crippen LogP contribution in [0.25, 0.3) is 0 Å². The lowest BCUT2D eigenvalue weighted by Crippen LogP contribution is -2.50. The highest BCUT2D eigenvalue weighted by atomic mass is 19.4. The van der Waals surface area contributed by atoms with Crippen LogP contribution in [0, 0.1) is 5.82 Å². The van der Waals surface area contributed by atoms with E-state index in [1.165, 1.54) is 29.8 Å². The Balaban J connectivity index is 0.000000559. The lowest BCUT2D eigenvalue weighted by Gasteiger charge is -2.39. The van der Waals surface area contributed by atoms with Gasteiger partial charge >= 0.3 is 12.1 Å². The third-order valence-electron chi connectivity index (χ3n) is 6.88. The molecule has 2 saturated heterocycles. The van der Waals surface area contributed by atoms with Crippen LogP contribution in [0.4, 0.5) is 17.6 Å². The van der Waals surface area contributed by atoms with Crippen LogP contribution >= 0.6 is 0 Å². The molecule has 0 saturated carbocycles. The van der Waals surface area contributed by atoms with Crippen LogP contribution in [-0.2, 0) is 16.1 Å². The number of benzene rings is 2. The third-order valence-corrected chi connectivity index (χ3v) is 6.88. The number of rotatable bonds is 7. The monoisotopic (exact) mass is 566 g/mol. The topological polar surface area (TPSA) is 93.2 Å². The van der Waals surface area contributed by atoms with Gasteiger partial charge in [-0.3, -0.25) is 14.5 Å². The van der Waals surface area contributed by atoms with E-state index in [9.17, 15) is 27.2 Å². The van der Waals surface area contributed by atoms with Gasteiger partial charge in [-0.05, 0) is 42.7 Å². The van der Waals surface area contributed by atoms with Crippen LogP contribution in [0.5, 0.6) is 0 Å². The molecule has 2 amide bonds. The number of aliphatic carboxylic acids is 1. The predicted molar refractivity (Wildman–Crippen MR) is 140 cm³/mol. The standard InChI is InChI=1S/C26H33FN4O2.C2HF3O2/c27-23-8-6-22(7-9-23)26(33)31(17-12-25(32)30-18-13-28-14-19-30)24-10-15-29(16-11-24)20-21-4-2-1-3-5-21;3-2(4,5)1(6)7/h1-9,24,28H,10-20H2;(H,6,7). The molecule has 8 nitrogen and oxygen atoms in total. The summed E-state index contributed by atoms with van der Waals surface area (Å²) in [6.07, 6.45) is -3.04. The molecule has 2 heterocycles. The van der Waals surface area contributed by atoms with Gasteiger partial charge in [0.2, 0.25) is 5.91 Å². The van der Waals surface area contributed by atoms with Gasteiger partial charge in [0.1, 0.15) is 5.82 Å². The number of carboxylic acid groups (broad SMARTS) is 1. The number of carboxylic acids is 1. The number of likely N-dealkylation sites (tertiary alicyclic amines) is 1. The average molecular weight is 567 g/mol. The van der Waals surface area contributed by atoms with Gasteiger partial charge in [0.15, 0.2) is 0 Å². The number of hydrogen-bond acceptors (Lipinski definition) is 5. The van der Waals surface area contributed by atoms with Crippen LogP contribution in [0.1, 0.15) is 35.2 Å². The SMILES string of the molecule is O=C(CCN(C(=O)c1ccc(F)cc1)C1CCN(Cc2ccccc2)CC1)N1CCNCC1.O=C(O)C(F)(F)F. The Bertz CT molecular complexity index is 1100. The molecule has 0 aromatic heterocycles. The molecule has 0 unspecified atom stereocenters. The van der Waals surface area contributed by atoms with Crippen molar-refractivity contribution in [1.82, 2.24) is 20.0 Å². The third kappa shape index (κ3) is 9.60. The van der Waals surface area contributed by atoms with Crippen LogP contribution in [0.15, 0.2) is 54.6 Å². The summed E-state index contributed by atoms with van der Waals surface area (Å²) in [6.45, 7) is 6.14. The molecule has 4 rings (SSSR count). The molecule has 2 aliphatic heterocycles. The first-order valence-electron chi connectivity index (χ1n) is 13.2. The maximum atomic E-state index is 13.4. The van der Waals surface area contributed by atoms with Crippen LogP contribution in [-0.4, -0.2) is 95.6 Å². The van der Waals surface area contributed by atoms with Gasteiger partial charge in [0, 0.05) is 70.4 Å². The molecule has 2 aromatic rings. The van der Waals surface area contributed by atoms with E-state index in [2.05, 4.69) is 34.5 Å². The first-order chi connectivity index (χ1) is 19.0. The number of piperazine rings is 1. The quantitative estimate of drug-likeness (QED) is 0.500. The smallest absolute Gasteiger partial charge is 0.475 e. The Labute approximate surface area is 230 Å². The Kier molecular flexibility index (Phi) is 11.4. The number of nitrogens with zero attached hydrogens (tertiary/aromatic N) is 3. The zero-order chi connectivity index (χ0) is 29.1. The molecule has 12 heteroatoms. The highest BCUT2D eigenvalue weighted by Gasteiger charge is 2.38. The molecule has 218 valence electrons. The van der Waals surface area contributed by atoms with Crippen LogP contribution < -0.4 is 5.32 Å². The minimum atomic E-state index is -5.08. The largest absolute Gasteiger partial charge is 0.490 e. The van der Waals surface area contributed by atoms with Gasteiger partial charge in [-0.1, -0.05) is 30.3 Å². The van der Waals surface area contributed by atoms with Crippen molar-refractivity contribution in [3.63, 3.8) is 0 Å². The number of carbonyl (C=O) groups excluding carboxylic acids is 2. The van der Waals surface area contributed by atoms with Crippen molar-refractivity contribution in [2.45, 2.75) is 38.0 Å². The summed E-state index contributed by atoms with van der Waals surface area (Å²) in [5.41, 5.74) is 1.76.